The Hall–Kier alpha value is -2.94. The number of alkyl carbamates (subject to hydrolysis) is 1. The molecule has 1 N–H and O–H groups in total. The fraction of sp³-hybridized carbons (Fsp3) is 0.125. The third-order valence-electron chi connectivity index (χ3n) is 3.36. The Kier molecular flexibility index (Phi) is 3.47. The molecule has 22 heavy (non-hydrogen) atoms. The van der Waals surface area contributed by atoms with Crippen LogP contribution in [-0.2, 0) is 4.74 Å². The lowest BCUT2D eigenvalue weighted by Gasteiger charge is -2.18. The molecule has 1 saturated heterocycles. The zero-order chi connectivity index (χ0) is 15.7. The number of rotatable bonds is 2. The molecule has 2 unspecified atom stereocenters. The van der Waals surface area contributed by atoms with Crippen LogP contribution in [0.2, 0.25) is 0 Å². The average Bonchev–Trinajstić information content (AvgIpc) is 2.91. The van der Waals surface area contributed by atoms with Gasteiger partial charge in [-0.1, -0.05) is 5.92 Å². The highest BCUT2D eigenvalue weighted by molar-refractivity contribution is 5.71. The van der Waals surface area contributed by atoms with Crippen molar-refractivity contribution in [3.63, 3.8) is 0 Å². The number of nitrogens with one attached hydrogen (secondary N) is 1. The van der Waals surface area contributed by atoms with Gasteiger partial charge in [0.1, 0.15) is 17.7 Å². The molecular weight excluding hydrogens is 290 g/mol. The molecule has 0 aliphatic carbocycles. The Morgan fingerprint density at radius 2 is 2.09 bits per heavy atom. The molecule has 1 aromatic carbocycles. The summed E-state index contributed by atoms with van der Waals surface area (Å²) in [7, 11) is 0. The van der Waals surface area contributed by atoms with Crippen LogP contribution >= 0.6 is 0 Å². The number of carbonyl (C=O) groups is 1. The largest absolute Gasteiger partial charge is 0.439 e. The predicted molar refractivity (Wildman–Crippen MR) is 73.6 cm³/mol. The number of carbonyl (C=O) groups excluding carboxylic acids is 1. The summed E-state index contributed by atoms with van der Waals surface area (Å²) in [6.07, 6.45) is 6.57. The number of ether oxygens (including phenoxy) is 1. The van der Waals surface area contributed by atoms with Crippen molar-refractivity contribution in [2.75, 3.05) is 0 Å². The highest BCUT2D eigenvalue weighted by Gasteiger charge is 2.38. The van der Waals surface area contributed by atoms with Crippen LogP contribution in [0.5, 0.6) is 0 Å². The Labute approximate surface area is 125 Å². The number of aromatic nitrogens is 1. The van der Waals surface area contributed by atoms with E-state index in [1.54, 1.807) is 6.07 Å². The number of cyclic esters (lactones) is 1. The fourth-order valence-electron chi connectivity index (χ4n) is 2.36. The topological polar surface area (TPSA) is 51.2 Å². The number of nitrogens with zero attached hydrogens (tertiary/aromatic N) is 1. The molecule has 2 heterocycles. The van der Waals surface area contributed by atoms with Gasteiger partial charge in [0.15, 0.2) is 6.10 Å². The minimum Gasteiger partial charge on any atom is -0.439 e. The molecule has 4 nitrogen and oxygen atoms in total. The highest BCUT2D eigenvalue weighted by atomic mass is 19.1. The number of amides is 1. The monoisotopic (exact) mass is 300 g/mol. The van der Waals surface area contributed by atoms with Crippen LogP contribution in [0.15, 0.2) is 36.7 Å². The number of benzene rings is 1. The van der Waals surface area contributed by atoms with Gasteiger partial charge in [0.25, 0.3) is 0 Å². The van der Waals surface area contributed by atoms with Crippen LogP contribution < -0.4 is 5.32 Å². The first-order chi connectivity index (χ1) is 10.6. The molecule has 1 amide bonds. The smallest absolute Gasteiger partial charge is 0.408 e. The lowest BCUT2D eigenvalue weighted by molar-refractivity contribution is 0.130. The third-order valence-corrected chi connectivity index (χ3v) is 3.36. The summed E-state index contributed by atoms with van der Waals surface area (Å²) >= 11 is 0. The fourth-order valence-corrected chi connectivity index (χ4v) is 2.36. The number of terminal acetylenes is 1. The van der Waals surface area contributed by atoms with Crippen LogP contribution in [0.1, 0.15) is 28.8 Å². The molecule has 0 radical (unpaired) electrons. The van der Waals surface area contributed by atoms with Gasteiger partial charge in [0, 0.05) is 23.5 Å². The summed E-state index contributed by atoms with van der Waals surface area (Å²) in [5.74, 6) is 1.15. The molecule has 2 atom stereocenters. The average molecular weight is 300 g/mol. The van der Waals surface area contributed by atoms with Crippen LogP contribution in [0.25, 0.3) is 0 Å². The zero-order valence-corrected chi connectivity index (χ0v) is 11.2. The maximum atomic E-state index is 13.9. The van der Waals surface area contributed by atoms with Gasteiger partial charge in [0.2, 0.25) is 0 Å². The van der Waals surface area contributed by atoms with E-state index in [9.17, 15) is 13.6 Å². The summed E-state index contributed by atoms with van der Waals surface area (Å²) < 4.78 is 32.4. The summed E-state index contributed by atoms with van der Waals surface area (Å²) in [4.78, 5) is 15.5. The van der Waals surface area contributed by atoms with E-state index in [0.717, 1.165) is 18.2 Å². The molecule has 0 spiro atoms. The summed E-state index contributed by atoms with van der Waals surface area (Å²) in [6, 6.07) is 3.93. The van der Waals surface area contributed by atoms with Crippen molar-refractivity contribution in [3.05, 3.63) is 65.0 Å². The first-order valence-electron chi connectivity index (χ1n) is 6.42. The predicted octanol–water partition coefficient (Wildman–Crippen LogP) is 2.86. The van der Waals surface area contributed by atoms with Crippen molar-refractivity contribution in [2.24, 2.45) is 0 Å². The first kappa shape index (κ1) is 14.0. The Balaban J connectivity index is 2.04. The summed E-state index contributed by atoms with van der Waals surface area (Å²) in [5.41, 5.74) is 1.02. The SMILES string of the molecule is C#Cc1cncc(C2NC(=O)OC2c2cc(F)ccc2F)c1. The quantitative estimate of drug-likeness (QED) is 0.868. The summed E-state index contributed by atoms with van der Waals surface area (Å²) in [6.45, 7) is 0. The summed E-state index contributed by atoms with van der Waals surface area (Å²) in [5, 5.41) is 2.56. The van der Waals surface area contributed by atoms with Crippen molar-refractivity contribution < 1.29 is 18.3 Å². The van der Waals surface area contributed by atoms with Crippen LogP contribution in [-0.4, -0.2) is 11.1 Å². The van der Waals surface area contributed by atoms with Gasteiger partial charge < -0.3 is 10.1 Å². The number of hydrogen-bond acceptors (Lipinski definition) is 3. The van der Waals surface area contributed by atoms with Crippen LogP contribution in [0.4, 0.5) is 13.6 Å². The standard InChI is InChI=1S/C16H10F2N2O2/c1-2-9-5-10(8-19-7-9)14-15(22-16(21)20-14)12-6-11(17)3-4-13(12)18/h1,3-8,14-15H,(H,20,21). The second-order valence-corrected chi connectivity index (χ2v) is 4.77. The van der Waals surface area contributed by atoms with E-state index >= 15 is 0 Å². The first-order valence-corrected chi connectivity index (χ1v) is 6.42. The van der Waals surface area contributed by atoms with E-state index in [0.29, 0.717) is 11.1 Å². The van der Waals surface area contributed by atoms with Crippen molar-refractivity contribution in [1.29, 1.82) is 0 Å². The van der Waals surface area contributed by atoms with Gasteiger partial charge in [-0.05, 0) is 29.8 Å². The number of pyridine rings is 1. The Morgan fingerprint density at radius 3 is 2.86 bits per heavy atom. The molecule has 0 bridgehead atoms. The minimum atomic E-state index is -1.00. The highest BCUT2D eigenvalue weighted by Crippen LogP contribution is 2.37. The normalized spacial score (nSPS) is 20.1. The molecule has 110 valence electrons. The number of halogens is 2. The second kappa shape index (κ2) is 5.45. The van der Waals surface area contributed by atoms with E-state index < -0.39 is 29.9 Å². The molecule has 6 heteroatoms. The lowest BCUT2D eigenvalue weighted by Crippen LogP contribution is -2.20. The van der Waals surface area contributed by atoms with Gasteiger partial charge in [-0.2, -0.15) is 0 Å². The Morgan fingerprint density at radius 1 is 1.27 bits per heavy atom. The second-order valence-electron chi connectivity index (χ2n) is 4.77. The van der Waals surface area contributed by atoms with Crippen LogP contribution in [0.3, 0.4) is 0 Å². The van der Waals surface area contributed by atoms with E-state index in [1.807, 2.05) is 0 Å². The van der Waals surface area contributed by atoms with Gasteiger partial charge in [-0.15, -0.1) is 6.42 Å². The lowest BCUT2D eigenvalue weighted by atomic mass is 9.96. The molecule has 1 aromatic heterocycles. The third kappa shape index (κ3) is 2.49. The van der Waals surface area contributed by atoms with Gasteiger partial charge in [-0.25, -0.2) is 13.6 Å². The van der Waals surface area contributed by atoms with Crippen molar-refractivity contribution in [2.45, 2.75) is 12.1 Å². The van der Waals surface area contributed by atoms with Crippen LogP contribution in [0, 0.1) is 24.0 Å². The molecule has 3 rings (SSSR count). The van der Waals surface area contributed by atoms with E-state index in [4.69, 9.17) is 11.2 Å². The van der Waals surface area contributed by atoms with Gasteiger partial charge >= 0.3 is 6.09 Å². The van der Waals surface area contributed by atoms with Gasteiger partial charge in [-0.3, -0.25) is 4.98 Å². The maximum absolute atomic E-state index is 13.9. The molecule has 0 saturated carbocycles. The molecule has 2 aromatic rings. The van der Waals surface area contributed by atoms with Crippen molar-refractivity contribution in [1.82, 2.24) is 10.3 Å². The minimum absolute atomic E-state index is 0.0468. The van der Waals surface area contributed by atoms with Crippen molar-refractivity contribution in [3.8, 4) is 12.3 Å². The maximum Gasteiger partial charge on any atom is 0.408 e. The van der Waals surface area contributed by atoms with Crippen molar-refractivity contribution >= 4 is 6.09 Å². The molecule has 1 aliphatic heterocycles. The number of hydrogen-bond donors (Lipinski definition) is 1. The van der Waals surface area contributed by atoms with E-state index in [-0.39, 0.29) is 5.56 Å². The molecular formula is C16H10F2N2O2. The molecule has 1 aliphatic rings. The molecule has 1 fully saturated rings. The Bertz CT molecular complexity index is 786. The van der Waals surface area contributed by atoms with Gasteiger partial charge in [0.05, 0.1) is 0 Å². The van der Waals surface area contributed by atoms with E-state index in [1.165, 1.54) is 12.4 Å². The van der Waals surface area contributed by atoms with E-state index in [2.05, 4.69) is 16.2 Å². The zero-order valence-electron chi connectivity index (χ0n) is 11.2.